The van der Waals surface area contributed by atoms with Gasteiger partial charge >= 0.3 is 0 Å². The van der Waals surface area contributed by atoms with Crippen molar-refractivity contribution < 1.29 is 18.3 Å². The summed E-state index contributed by atoms with van der Waals surface area (Å²) in [6.07, 6.45) is 0.733. The Bertz CT molecular complexity index is 494. The lowest BCUT2D eigenvalue weighted by molar-refractivity contribution is -0.0227. The van der Waals surface area contributed by atoms with Crippen LogP contribution in [0.1, 0.15) is 23.7 Å². The van der Waals surface area contributed by atoms with E-state index >= 15 is 0 Å². The smallest absolute Gasteiger partial charge is 0.257 e. The van der Waals surface area contributed by atoms with Crippen molar-refractivity contribution in [1.82, 2.24) is 4.90 Å². The van der Waals surface area contributed by atoms with Crippen LogP contribution in [0.15, 0.2) is 12.1 Å². The molecule has 1 heterocycles. The number of benzene rings is 1. The summed E-state index contributed by atoms with van der Waals surface area (Å²) >= 11 is 0. The third-order valence-corrected chi connectivity index (χ3v) is 3.20. The Balaban J connectivity index is 2.22. The van der Waals surface area contributed by atoms with E-state index in [9.17, 15) is 13.6 Å². The third-order valence-electron chi connectivity index (χ3n) is 3.20. The second kappa shape index (κ2) is 5.52. The van der Waals surface area contributed by atoms with Crippen LogP contribution < -0.4 is 5.73 Å². The van der Waals surface area contributed by atoms with Crippen molar-refractivity contribution in [3.8, 4) is 0 Å². The molecule has 6 heteroatoms. The van der Waals surface area contributed by atoms with Crippen LogP contribution in [0.3, 0.4) is 0 Å². The second-order valence-corrected chi connectivity index (χ2v) is 4.51. The topological polar surface area (TPSA) is 55.6 Å². The van der Waals surface area contributed by atoms with Gasteiger partial charge in [-0.2, -0.15) is 0 Å². The van der Waals surface area contributed by atoms with Crippen molar-refractivity contribution in [3.05, 3.63) is 29.3 Å². The van der Waals surface area contributed by atoms with Crippen molar-refractivity contribution in [2.24, 2.45) is 0 Å². The van der Waals surface area contributed by atoms with E-state index in [1.54, 1.807) is 0 Å². The first kappa shape index (κ1) is 13.7. The van der Waals surface area contributed by atoms with Crippen molar-refractivity contribution >= 4 is 11.6 Å². The van der Waals surface area contributed by atoms with Gasteiger partial charge in [-0.05, 0) is 12.5 Å². The number of morpholine rings is 1. The zero-order chi connectivity index (χ0) is 14.0. The number of rotatable bonds is 2. The Labute approximate surface area is 110 Å². The van der Waals surface area contributed by atoms with Gasteiger partial charge in [0.1, 0.15) is 11.6 Å². The first-order chi connectivity index (χ1) is 9.02. The van der Waals surface area contributed by atoms with Gasteiger partial charge in [-0.3, -0.25) is 4.79 Å². The molecular weight excluding hydrogens is 254 g/mol. The maximum Gasteiger partial charge on any atom is 0.257 e. The van der Waals surface area contributed by atoms with Crippen LogP contribution in [0.5, 0.6) is 0 Å². The highest BCUT2D eigenvalue weighted by Crippen LogP contribution is 2.20. The van der Waals surface area contributed by atoms with E-state index < -0.39 is 17.5 Å². The molecule has 0 saturated carbocycles. The molecule has 1 saturated heterocycles. The molecule has 0 spiro atoms. The molecule has 1 fully saturated rings. The lowest BCUT2D eigenvalue weighted by Gasteiger charge is -2.32. The average molecular weight is 270 g/mol. The van der Waals surface area contributed by atoms with E-state index in [1.165, 1.54) is 4.90 Å². The number of carbonyl (C=O) groups excluding carboxylic acids is 1. The van der Waals surface area contributed by atoms with Crippen molar-refractivity contribution in [3.63, 3.8) is 0 Å². The summed E-state index contributed by atoms with van der Waals surface area (Å²) in [5.74, 6) is -2.23. The van der Waals surface area contributed by atoms with Gasteiger partial charge in [-0.15, -0.1) is 0 Å². The van der Waals surface area contributed by atoms with Gasteiger partial charge in [-0.25, -0.2) is 8.78 Å². The quantitative estimate of drug-likeness (QED) is 0.834. The molecule has 1 aliphatic heterocycles. The molecule has 1 unspecified atom stereocenters. The highest BCUT2D eigenvalue weighted by atomic mass is 19.1. The fourth-order valence-corrected chi connectivity index (χ4v) is 2.05. The minimum absolute atomic E-state index is 0.0430. The first-order valence-electron chi connectivity index (χ1n) is 6.18. The van der Waals surface area contributed by atoms with Gasteiger partial charge in [0.25, 0.3) is 5.91 Å². The first-order valence-corrected chi connectivity index (χ1v) is 6.18. The van der Waals surface area contributed by atoms with Crippen LogP contribution in [0.4, 0.5) is 14.5 Å². The Morgan fingerprint density at radius 2 is 2.21 bits per heavy atom. The standard InChI is InChI=1S/C13H16F2N2O2/c1-2-8-7-17(3-4-19-8)13(18)9-5-12(16)11(15)6-10(9)14/h5-6,8H,2-4,7,16H2,1H3. The molecule has 1 amide bonds. The number of carbonyl (C=O) groups is 1. The highest BCUT2D eigenvalue weighted by Gasteiger charge is 2.26. The zero-order valence-electron chi connectivity index (χ0n) is 10.7. The molecule has 0 aliphatic carbocycles. The molecule has 0 aromatic heterocycles. The normalized spacial score (nSPS) is 19.5. The summed E-state index contributed by atoms with van der Waals surface area (Å²) in [5, 5.41) is 0. The number of hydrogen-bond acceptors (Lipinski definition) is 3. The van der Waals surface area contributed by atoms with Gasteiger partial charge in [-0.1, -0.05) is 6.92 Å². The van der Waals surface area contributed by atoms with Crippen LogP contribution in [-0.4, -0.2) is 36.6 Å². The number of ether oxygens (including phenoxy) is 1. The maximum absolute atomic E-state index is 13.6. The van der Waals surface area contributed by atoms with Gasteiger partial charge in [0.05, 0.1) is 24.0 Å². The molecule has 1 aliphatic rings. The molecule has 0 bridgehead atoms. The van der Waals surface area contributed by atoms with Crippen molar-refractivity contribution in [2.45, 2.75) is 19.4 Å². The summed E-state index contributed by atoms with van der Waals surface area (Å²) < 4.78 is 32.2. The van der Waals surface area contributed by atoms with E-state index in [2.05, 4.69) is 0 Å². The average Bonchev–Trinajstić information content (AvgIpc) is 2.42. The Hall–Kier alpha value is -1.69. The number of halogens is 2. The molecule has 0 radical (unpaired) electrons. The molecule has 19 heavy (non-hydrogen) atoms. The largest absolute Gasteiger partial charge is 0.396 e. The highest BCUT2D eigenvalue weighted by molar-refractivity contribution is 5.95. The van der Waals surface area contributed by atoms with E-state index in [0.29, 0.717) is 25.8 Å². The minimum Gasteiger partial charge on any atom is -0.396 e. The summed E-state index contributed by atoms with van der Waals surface area (Å²) in [6, 6.07) is 1.68. The van der Waals surface area contributed by atoms with Crippen LogP contribution in [0.25, 0.3) is 0 Å². The van der Waals surface area contributed by atoms with Crippen LogP contribution >= 0.6 is 0 Å². The monoisotopic (exact) mass is 270 g/mol. The predicted octanol–water partition coefficient (Wildman–Crippen LogP) is 1.80. The molecule has 1 aromatic carbocycles. The van der Waals surface area contributed by atoms with E-state index in [0.717, 1.165) is 12.5 Å². The lowest BCUT2D eigenvalue weighted by atomic mass is 10.1. The summed E-state index contributed by atoms with van der Waals surface area (Å²) in [7, 11) is 0. The Morgan fingerprint density at radius 1 is 1.47 bits per heavy atom. The summed E-state index contributed by atoms with van der Waals surface area (Å²) in [6.45, 7) is 3.18. The van der Waals surface area contributed by atoms with Crippen molar-refractivity contribution in [1.29, 1.82) is 0 Å². The molecule has 1 atom stereocenters. The minimum atomic E-state index is -0.892. The molecule has 2 rings (SSSR count). The van der Waals surface area contributed by atoms with Gasteiger partial charge < -0.3 is 15.4 Å². The second-order valence-electron chi connectivity index (χ2n) is 4.51. The van der Waals surface area contributed by atoms with Crippen LogP contribution in [0, 0.1) is 11.6 Å². The predicted molar refractivity (Wildman–Crippen MR) is 66.7 cm³/mol. The third kappa shape index (κ3) is 2.84. The molecule has 4 nitrogen and oxygen atoms in total. The fraction of sp³-hybridized carbons (Fsp3) is 0.462. The van der Waals surface area contributed by atoms with Gasteiger partial charge in [0.15, 0.2) is 0 Å². The number of nitrogen functional groups attached to an aromatic ring is 1. The van der Waals surface area contributed by atoms with E-state index in [4.69, 9.17) is 10.5 Å². The number of nitrogens with zero attached hydrogens (tertiary/aromatic N) is 1. The Kier molecular flexibility index (Phi) is 3.99. The van der Waals surface area contributed by atoms with Gasteiger partial charge in [0.2, 0.25) is 0 Å². The van der Waals surface area contributed by atoms with Crippen LogP contribution in [-0.2, 0) is 4.74 Å². The number of anilines is 1. The fourth-order valence-electron chi connectivity index (χ4n) is 2.05. The molecular formula is C13H16F2N2O2. The maximum atomic E-state index is 13.6. The molecule has 2 N–H and O–H groups in total. The SMILES string of the molecule is CCC1CN(C(=O)c2cc(N)c(F)cc2F)CCO1. The Morgan fingerprint density at radius 3 is 2.89 bits per heavy atom. The molecule has 104 valence electrons. The van der Waals surface area contributed by atoms with Gasteiger partial charge in [0, 0.05) is 19.2 Å². The van der Waals surface area contributed by atoms with E-state index in [-0.39, 0.29) is 17.4 Å². The number of nitrogens with two attached hydrogens (primary N) is 1. The number of hydrogen-bond donors (Lipinski definition) is 1. The molecule has 1 aromatic rings. The lowest BCUT2D eigenvalue weighted by Crippen LogP contribution is -2.45. The summed E-state index contributed by atoms with van der Waals surface area (Å²) in [5.41, 5.74) is 4.94. The van der Waals surface area contributed by atoms with E-state index in [1.807, 2.05) is 6.92 Å². The number of amides is 1. The van der Waals surface area contributed by atoms with Crippen molar-refractivity contribution in [2.75, 3.05) is 25.4 Å². The summed E-state index contributed by atoms with van der Waals surface area (Å²) in [4.78, 5) is 13.7. The van der Waals surface area contributed by atoms with Crippen LogP contribution in [0.2, 0.25) is 0 Å². The zero-order valence-corrected chi connectivity index (χ0v) is 10.7.